The molecular weight excluding hydrogens is 269 g/mol. The maximum absolute atomic E-state index is 10.6. The van der Waals surface area contributed by atoms with Gasteiger partial charge in [-0.3, -0.25) is 4.79 Å². The lowest BCUT2D eigenvalue weighted by Gasteiger charge is -2.07. The second-order valence-corrected chi connectivity index (χ2v) is 3.49. The smallest absolute Gasteiger partial charge is 0.250 e. The van der Waals surface area contributed by atoms with Gasteiger partial charge in [-0.2, -0.15) is 0 Å². The Balaban J connectivity index is 3.02. The Morgan fingerprint density at radius 3 is 2.58 bits per heavy atom. The Morgan fingerprint density at radius 2 is 2.08 bits per heavy atom. The van der Waals surface area contributed by atoms with Crippen molar-refractivity contribution in [3.05, 3.63) is 33.4 Å². The highest BCUT2D eigenvalue weighted by Gasteiger charge is 2.15. The van der Waals surface area contributed by atoms with Gasteiger partial charge in [-0.1, -0.05) is 18.2 Å². The van der Waals surface area contributed by atoms with Gasteiger partial charge in [0.05, 0.1) is 0 Å². The Morgan fingerprint density at radius 1 is 1.50 bits per heavy atom. The van der Waals surface area contributed by atoms with Crippen LogP contribution in [0.3, 0.4) is 0 Å². The zero-order chi connectivity index (χ0) is 9.14. The van der Waals surface area contributed by atoms with Crippen LogP contribution in [0.25, 0.3) is 0 Å². The number of benzene rings is 1. The number of aliphatic hydroxyl groups excluding tert-OH is 1. The van der Waals surface area contributed by atoms with E-state index in [1.165, 1.54) is 0 Å². The Labute approximate surface area is 83.7 Å². The summed E-state index contributed by atoms with van der Waals surface area (Å²) in [5.74, 6) is -0.723. The molecule has 1 unspecified atom stereocenters. The van der Waals surface area contributed by atoms with Crippen LogP contribution in [0.5, 0.6) is 0 Å². The van der Waals surface area contributed by atoms with E-state index in [2.05, 4.69) is 0 Å². The molecule has 0 spiro atoms. The number of amides is 1. The predicted octanol–water partition coefficient (Wildman–Crippen LogP) is 0.810. The van der Waals surface area contributed by atoms with E-state index < -0.39 is 12.0 Å². The van der Waals surface area contributed by atoms with Crippen LogP contribution in [-0.2, 0) is 4.79 Å². The number of aliphatic hydroxyl groups is 1. The first-order valence-electron chi connectivity index (χ1n) is 3.34. The van der Waals surface area contributed by atoms with E-state index in [0.717, 1.165) is 3.57 Å². The molecule has 1 amide bonds. The predicted molar refractivity (Wildman–Crippen MR) is 53.3 cm³/mol. The molecule has 4 heteroatoms. The Hall–Kier alpha value is -0.620. The molecule has 0 heterocycles. The van der Waals surface area contributed by atoms with Crippen LogP contribution >= 0.6 is 22.6 Å². The molecule has 0 saturated carbocycles. The summed E-state index contributed by atoms with van der Waals surface area (Å²) < 4.78 is 0.835. The highest BCUT2D eigenvalue weighted by atomic mass is 127. The van der Waals surface area contributed by atoms with E-state index >= 15 is 0 Å². The fourth-order valence-electron chi connectivity index (χ4n) is 0.850. The molecule has 0 bridgehead atoms. The molecule has 12 heavy (non-hydrogen) atoms. The Kier molecular flexibility index (Phi) is 3.05. The van der Waals surface area contributed by atoms with Crippen LogP contribution < -0.4 is 5.73 Å². The quantitative estimate of drug-likeness (QED) is 0.786. The van der Waals surface area contributed by atoms with Gasteiger partial charge >= 0.3 is 0 Å². The van der Waals surface area contributed by atoms with Crippen molar-refractivity contribution in [1.29, 1.82) is 0 Å². The standard InChI is InChI=1S/C8H8INO2/c9-6-4-2-1-3-5(6)7(11)8(10)12/h1-4,7,11H,(H2,10,12). The van der Waals surface area contributed by atoms with Gasteiger partial charge in [0.2, 0.25) is 0 Å². The van der Waals surface area contributed by atoms with Crippen molar-refractivity contribution in [3.63, 3.8) is 0 Å². The zero-order valence-corrected chi connectivity index (χ0v) is 8.36. The summed E-state index contributed by atoms with van der Waals surface area (Å²) in [4.78, 5) is 10.6. The number of carbonyl (C=O) groups excluding carboxylic acids is 1. The van der Waals surface area contributed by atoms with Crippen LogP contribution in [0.1, 0.15) is 11.7 Å². The van der Waals surface area contributed by atoms with Crippen molar-refractivity contribution in [2.45, 2.75) is 6.10 Å². The summed E-state index contributed by atoms with van der Waals surface area (Å²) in [6.45, 7) is 0. The number of primary amides is 1. The molecule has 0 aliphatic heterocycles. The van der Waals surface area contributed by atoms with Gasteiger partial charge in [-0.05, 0) is 28.7 Å². The highest BCUT2D eigenvalue weighted by molar-refractivity contribution is 14.1. The first-order valence-corrected chi connectivity index (χ1v) is 4.42. The second-order valence-electron chi connectivity index (χ2n) is 2.33. The minimum atomic E-state index is -1.20. The first kappa shape index (κ1) is 9.47. The van der Waals surface area contributed by atoms with Gasteiger partial charge in [0.1, 0.15) is 0 Å². The van der Waals surface area contributed by atoms with Gasteiger partial charge in [-0.25, -0.2) is 0 Å². The van der Waals surface area contributed by atoms with Crippen molar-refractivity contribution in [2.24, 2.45) is 5.73 Å². The monoisotopic (exact) mass is 277 g/mol. The molecular formula is C8H8INO2. The van der Waals surface area contributed by atoms with Crippen LogP contribution in [0, 0.1) is 3.57 Å². The molecule has 0 fully saturated rings. The van der Waals surface area contributed by atoms with Gasteiger partial charge in [-0.15, -0.1) is 0 Å². The first-order chi connectivity index (χ1) is 5.63. The van der Waals surface area contributed by atoms with Gasteiger partial charge in [0.15, 0.2) is 6.10 Å². The maximum atomic E-state index is 10.6. The molecule has 64 valence electrons. The van der Waals surface area contributed by atoms with Crippen LogP contribution in [0.2, 0.25) is 0 Å². The van der Waals surface area contributed by atoms with E-state index in [4.69, 9.17) is 5.73 Å². The van der Waals surface area contributed by atoms with E-state index in [9.17, 15) is 9.90 Å². The zero-order valence-electron chi connectivity index (χ0n) is 6.20. The topological polar surface area (TPSA) is 63.3 Å². The summed E-state index contributed by atoms with van der Waals surface area (Å²) >= 11 is 2.04. The number of hydrogen-bond acceptors (Lipinski definition) is 2. The fourth-order valence-corrected chi connectivity index (χ4v) is 1.53. The van der Waals surface area contributed by atoms with Gasteiger partial charge in [0.25, 0.3) is 5.91 Å². The normalized spacial score (nSPS) is 12.5. The second kappa shape index (κ2) is 3.86. The van der Waals surface area contributed by atoms with Gasteiger partial charge in [0, 0.05) is 9.13 Å². The average Bonchev–Trinajstić information content (AvgIpc) is 2.04. The lowest BCUT2D eigenvalue weighted by atomic mass is 10.1. The number of rotatable bonds is 2. The highest BCUT2D eigenvalue weighted by Crippen LogP contribution is 2.18. The maximum Gasteiger partial charge on any atom is 0.250 e. The lowest BCUT2D eigenvalue weighted by Crippen LogP contribution is -2.21. The molecule has 0 saturated heterocycles. The number of nitrogens with two attached hydrogens (primary N) is 1. The van der Waals surface area contributed by atoms with Crippen molar-refractivity contribution in [3.8, 4) is 0 Å². The molecule has 0 aliphatic rings. The molecule has 1 rings (SSSR count). The third kappa shape index (κ3) is 1.95. The third-order valence-corrected chi connectivity index (χ3v) is 2.45. The largest absolute Gasteiger partial charge is 0.378 e. The summed E-state index contributed by atoms with van der Waals surface area (Å²) in [6, 6.07) is 7.07. The fraction of sp³-hybridized carbons (Fsp3) is 0.125. The van der Waals surface area contributed by atoms with Crippen molar-refractivity contribution in [1.82, 2.24) is 0 Å². The number of hydrogen-bond donors (Lipinski definition) is 2. The Bertz CT molecular complexity index is 301. The molecule has 1 aromatic carbocycles. The average molecular weight is 277 g/mol. The third-order valence-electron chi connectivity index (χ3n) is 1.47. The molecule has 0 aromatic heterocycles. The van der Waals surface area contributed by atoms with Gasteiger partial charge < -0.3 is 10.8 Å². The molecule has 1 aromatic rings. The molecule has 3 N–H and O–H groups in total. The minimum absolute atomic E-state index is 0.561. The van der Waals surface area contributed by atoms with Crippen LogP contribution in [0.4, 0.5) is 0 Å². The summed E-state index contributed by atoms with van der Waals surface area (Å²) in [5, 5.41) is 9.30. The molecule has 0 radical (unpaired) electrons. The van der Waals surface area contributed by atoms with Crippen LogP contribution in [0.15, 0.2) is 24.3 Å². The van der Waals surface area contributed by atoms with Crippen molar-refractivity contribution < 1.29 is 9.90 Å². The lowest BCUT2D eigenvalue weighted by molar-refractivity contribution is -0.126. The molecule has 0 aliphatic carbocycles. The number of halogens is 1. The van der Waals surface area contributed by atoms with E-state index in [1.807, 2.05) is 34.7 Å². The van der Waals surface area contributed by atoms with E-state index in [-0.39, 0.29) is 0 Å². The summed E-state index contributed by atoms with van der Waals surface area (Å²) in [5.41, 5.74) is 5.51. The SMILES string of the molecule is NC(=O)C(O)c1ccccc1I. The summed E-state index contributed by atoms with van der Waals surface area (Å²) in [6.07, 6.45) is -1.20. The summed E-state index contributed by atoms with van der Waals surface area (Å²) in [7, 11) is 0. The molecule has 1 atom stereocenters. The van der Waals surface area contributed by atoms with Crippen molar-refractivity contribution >= 4 is 28.5 Å². The van der Waals surface area contributed by atoms with E-state index in [0.29, 0.717) is 5.56 Å². The van der Waals surface area contributed by atoms with E-state index in [1.54, 1.807) is 12.1 Å². The number of carbonyl (C=O) groups is 1. The van der Waals surface area contributed by atoms with Crippen molar-refractivity contribution in [2.75, 3.05) is 0 Å². The molecule has 3 nitrogen and oxygen atoms in total. The minimum Gasteiger partial charge on any atom is -0.378 e. The van der Waals surface area contributed by atoms with Crippen LogP contribution in [-0.4, -0.2) is 11.0 Å².